The van der Waals surface area contributed by atoms with Crippen LogP contribution in [-0.2, 0) is 6.54 Å². The van der Waals surface area contributed by atoms with Crippen LogP contribution < -0.4 is 5.32 Å². The largest absolute Gasteiger partial charge is 0.305 e. The van der Waals surface area contributed by atoms with Crippen LogP contribution in [0.4, 0.5) is 4.39 Å². The summed E-state index contributed by atoms with van der Waals surface area (Å²) < 4.78 is 16.0. The number of aryl methyl sites for hydroxylation is 1. The van der Waals surface area contributed by atoms with Crippen molar-refractivity contribution in [1.29, 1.82) is 0 Å². The maximum Gasteiger partial charge on any atom is 0.124 e. The number of nitrogens with zero attached hydrogens (tertiary/aromatic N) is 2. The third-order valence-corrected chi connectivity index (χ3v) is 3.85. The number of benzene rings is 1. The minimum absolute atomic E-state index is 0.00373. The Bertz CT molecular complexity index is 568. The van der Waals surface area contributed by atoms with E-state index in [2.05, 4.69) is 40.2 Å². The Labute approximate surface area is 127 Å². The molecule has 0 radical (unpaired) electrons. The third kappa shape index (κ3) is 3.27. The summed E-state index contributed by atoms with van der Waals surface area (Å²) in [6.07, 6.45) is 2.84. The highest BCUT2D eigenvalue weighted by atomic mass is 79.9. The van der Waals surface area contributed by atoms with Gasteiger partial charge in [-0.15, -0.1) is 0 Å². The summed E-state index contributed by atoms with van der Waals surface area (Å²) in [7, 11) is 0. The second kappa shape index (κ2) is 6.99. The van der Waals surface area contributed by atoms with Crippen molar-refractivity contribution in [3.05, 3.63) is 52.0 Å². The molecule has 0 saturated heterocycles. The van der Waals surface area contributed by atoms with E-state index in [1.54, 1.807) is 0 Å². The van der Waals surface area contributed by atoms with Gasteiger partial charge in [-0.2, -0.15) is 5.10 Å². The summed E-state index contributed by atoms with van der Waals surface area (Å²) in [4.78, 5) is 0. The van der Waals surface area contributed by atoms with Crippen LogP contribution in [0, 0.1) is 5.82 Å². The molecule has 1 unspecified atom stereocenters. The molecule has 0 saturated carbocycles. The fraction of sp³-hybridized carbons (Fsp3) is 0.400. The first kappa shape index (κ1) is 15.2. The minimum atomic E-state index is -0.238. The summed E-state index contributed by atoms with van der Waals surface area (Å²) >= 11 is 3.46. The number of rotatable bonds is 6. The van der Waals surface area contributed by atoms with E-state index in [1.165, 1.54) is 12.1 Å². The normalized spacial score (nSPS) is 12.6. The molecule has 0 spiro atoms. The van der Waals surface area contributed by atoms with E-state index in [0.29, 0.717) is 0 Å². The van der Waals surface area contributed by atoms with Gasteiger partial charge in [-0.3, -0.25) is 4.68 Å². The first-order chi connectivity index (χ1) is 9.67. The smallest absolute Gasteiger partial charge is 0.124 e. The van der Waals surface area contributed by atoms with E-state index < -0.39 is 0 Å². The van der Waals surface area contributed by atoms with Crippen LogP contribution in [0.2, 0.25) is 0 Å². The Morgan fingerprint density at radius 1 is 1.35 bits per heavy atom. The summed E-state index contributed by atoms with van der Waals surface area (Å²) in [6.45, 7) is 5.89. The molecule has 1 aromatic heterocycles. The molecule has 1 atom stereocenters. The quantitative estimate of drug-likeness (QED) is 0.865. The molecule has 2 aromatic rings. The summed E-state index contributed by atoms with van der Waals surface area (Å²) in [6, 6.07) is 6.82. The highest BCUT2D eigenvalue weighted by Crippen LogP contribution is 2.29. The van der Waals surface area contributed by atoms with Crippen LogP contribution >= 0.6 is 15.9 Å². The second-order valence-electron chi connectivity index (χ2n) is 4.64. The van der Waals surface area contributed by atoms with Gasteiger partial charge >= 0.3 is 0 Å². The van der Waals surface area contributed by atoms with Gasteiger partial charge in [-0.05, 0) is 36.7 Å². The van der Waals surface area contributed by atoms with Crippen molar-refractivity contribution in [2.75, 3.05) is 6.54 Å². The topological polar surface area (TPSA) is 29.9 Å². The predicted molar refractivity (Wildman–Crippen MR) is 82.1 cm³/mol. The van der Waals surface area contributed by atoms with Crippen LogP contribution in [0.25, 0.3) is 0 Å². The first-order valence-electron chi connectivity index (χ1n) is 6.87. The van der Waals surface area contributed by atoms with Crippen molar-refractivity contribution in [2.45, 2.75) is 32.9 Å². The Hall–Kier alpha value is -1.20. The number of aromatic nitrogens is 2. The van der Waals surface area contributed by atoms with Crippen molar-refractivity contribution in [1.82, 2.24) is 15.1 Å². The molecule has 0 aliphatic rings. The van der Waals surface area contributed by atoms with Gasteiger partial charge in [-0.1, -0.05) is 35.8 Å². The molecular weight excluding hydrogens is 321 g/mol. The average molecular weight is 340 g/mol. The molecule has 5 heteroatoms. The van der Waals surface area contributed by atoms with Crippen molar-refractivity contribution < 1.29 is 4.39 Å². The average Bonchev–Trinajstić information content (AvgIpc) is 2.85. The molecule has 20 heavy (non-hydrogen) atoms. The Kier molecular flexibility index (Phi) is 5.31. The van der Waals surface area contributed by atoms with Crippen LogP contribution in [0.1, 0.15) is 37.6 Å². The molecule has 3 nitrogen and oxygen atoms in total. The standard InChI is InChI=1S/C15H19BrFN3/c1-3-9-20-14(7-8-19-20)15(18-4-2)12-6-5-11(17)10-13(12)16/h5-8,10,15,18H,3-4,9H2,1-2H3. The number of nitrogens with one attached hydrogen (secondary N) is 1. The molecular formula is C15H19BrFN3. The van der Waals surface area contributed by atoms with Crippen molar-refractivity contribution in [3.63, 3.8) is 0 Å². The minimum Gasteiger partial charge on any atom is -0.305 e. The molecule has 1 N–H and O–H groups in total. The van der Waals surface area contributed by atoms with E-state index in [4.69, 9.17) is 0 Å². The zero-order chi connectivity index (χ0) is 14.5. The molecule has 0 amide bonds. The van der Waals surface area contributed by atoms with Gasteiger partial charge in [-0.25, -0.2) is 4.39 Å². The lowest BCUT2D eigenvalue weighted by atomic mass is 10.0. The summed E-state index contributed by atoms with van der Waals surface area (Å²) in [5.41, 5.74) is 2.12. The number of halogens is 2. The van der Waals surface area contributed by atoms with E-state index in [-0.39, 0.29) is 11.9 Å². The van der Waals surface area contributed by atoms with Crippen LogP contribution in [0.3, 0.4) is 0 Å². The highest BCUT2D eigenvalue weighted by molar-refractivity contribution is 9.10. The molecule has 2 rings (SSSR count). The monoisotopic (exact) mass is 339 g/mol. The maximum absolute atomic E-state index is 13.3. The molecule has 1 aromatic carbocycles. The fourth-order valence-corrected chi connectivity index (χ4v) is 2.88. The zero-order valence-electron chi connectivity index (χ0n) is 11.7. The Morgan fingerprint density at radius 3 is 2.80 bits per heavy atom. The third-order valence-electron chi connectivity index (χ3n) is 3.16. The van der Waals surface area contributed by atoms with Gasteiger partial charge in [0.25, 0.3) is 0 Å². The molecule has 0 aliphatic carbocycles. The molecule has 0 fully saturated rings. The Morgan fingerprint density at radius 2 is 2.15 bits per heavy atom. The lowest BCUT2D eigenvalue weighted by Crippen LogP contribution is -2.25. The van der Waals surface area contributed by atoms with Gasteiger partial charge < -0.3 is 5.32 Å². The molecule has 108 valence electrons. The Balaban J connectivity index is 2.42. The lowest BCUT2D eigenvalue weighted by Gasteiger charge is -2.21. The van der Waals surface area contributed by atoms with Crippen LogP contribution in [0.15, 0.2) is 34.9 Å². The maximum atomic E-state index is 13.3. The van der Waals surface area contributed by atoms with Crippen molar-refractivity contribution >= 4 is 15.9 Å². The van der Waals surface area contributed by atoms with E-state index in [9.17, 15) is 4.39 Å². The second-order valence-corrected chi connectivity index (χ2v) is 5.49. The van der Waals surface area contributed by atoms with Crippen LogP contribution in [0.5, 0.6) is 0 Å². The zero-order valence-corrected chi connectivity index (χ0v) is 13.3. The molecule has 0 bridgehead atoms. The van der Waals surface area contributed by atoms with E-state index >= 15 is 0 Å². The summed E-state index contributed by atoms with van der Waals surface area (Å²) in [5, 5.41) is 7.82. The van der Waals surface area contributed by atoms with Crippen molar-refractivity contribution in [3.8, 4) is 0 Å². The highest BCUT2D eigenvalue weighted by Gasteiger charge is 2.19. The number of hydrogen-bond acceptors (Lipinski definition) is 2. The van der Waals surface area contributed by atoms with E-state index in [0.717, 1.165) is 35.2 Å². The van der Waals surface area contributed by atoms with Crippen molar-refractivity contribution in [2.24, 2.45) is 0 Å². The molecule has 0 aliphatic heterocycles. The SMILES string of the molecule is CCCn1nccc1C(NCC)c1ccc(F)cc1Br. The summed E-state index contributed by atoms with van der Waals surface area (Å²) in [5.74, 6) is -0.238. The van der Waals surface area contributed by atoms with Gasteiger partial charge in [0.1, 0.15) is 5.82 Å². The number of hydrogen-bond donors (Lipinski definition) is 1. The van der Waals surface area contributed by atoms with Crippen LogP contribution in [-0.4, -0.2) is 16.3 Å². The van der Waals surface area contributed by atoms with Gasteiger partial charge in [0.15, 0.2) is 0 Å². The lowest BCUT2D eigenvalue weighted by molar-refractivity contribution is 0.518. The van der Waals surface area contributed by atoms with Gasteiger partial charge in [0.05, 0.1) is 11.7 Å². The molecule has 1 heterocycles. The first-order valence-corrected chi connectivity index (χ1v) is 7.66. The fourth-order valence-electron chi connectivity index (χ4n) is 2.30. The van der Waals surface area contributed by atoms with Gasteiger partial charge in [0.2, 0.25) is 0 Å². The predicted octanol–water partition coefficient (Wildman–Crippen LogP) is 3.89. The van der Waals surface area contributed by atoms with E-state index in [1.807, 2.05) is 23.0 Å². The van der Waals surface area contributed by atoms with Gasteiger partial charge in [0, 0.05) is 17.2 Å².